The Labute approximate surface area is 155 Å². The summed E-state index contributed by atoms with van der Waals surface area (Å²) in [5.74, 6) is -1.49. The molecule has 3 aromatic rings. The minimum Gasteiger partial charge on any atom is -0.338 e. The quantitative estimate of drug-likeness (QED) is 0.722. The van der Waals surface area contributed by atoms with E-state index in [0.29, 0.717) is 6.54 Å². The number of nitrogens with zero attached hydrogens (tertiary/aromatic N) is 3. The van der Waals surface area contributed by atoms with Gasteiger partial charge in [-0.1, -0.05) is 12.1 Å². The summed E-state index contributed by atoms with van der Waals surface area (Å²) in [4.78, 5) is 22.5. The summed E-state index contributed by atoms with van der Waals surface area (Å²) in [6, 6.07) is 12.2. The van der Waals surface area contributed by atoms with Crippen molar-refractivity contribution in [2.24, 2.45) is 0 Å². The van der Waals surface area contributed by atoms with Gasteiger partial charge in [0.15, 0.2) is 0 Å². The summed E-state index contributed by atoms with van der Waals surface area (Å²) in [5.41, 5.74) is 2.02. The van der Waals surface area contributed by atoms with E-state index in [1.54, 1.807) is 4.90 Å². The molecule has 138 valence electrons. The maximum Gasteiger partial charge on any atom is 0.277 e. The van der Waals surface area contributed by atoms with Crippen LogP contribution in [-0.2, 0) is 0 Å². The van der Waals surface area contributed by atoms with Crippen molar-refractivity contribution in [3.8, 4) is 0 Å². The van der Waals surface area contributed by atoms with Gasteiger partial charge >= 0.3 is 0 Å². The van der Waals surface area contributed by atoms with Gasteiger partial charge in [0, 0.05) is 24.4 Å². The molecule has 0 fully saturated rings. The lowest BCUT2D eigenvalue weighted by molar-refractivity contribution is 0.0983. The molecule has 1 amide bonds. The van der Waals surface area contributed by atoms with E-state index in [1.807, 2.05) is 38.1 Å². The van der Waals surface area contributed by atoms with Gasteiger partial charge in [-0.05, 0) is 43.7 Å². The Balaban J connectivity index is 1.86. The molecule has 0 aliphatic rings. The van der Waals surface area contributed by atoms with Crippen molar-refractivity contribution in [3.05, 3.63) is 77.8 Å². The maximum atomic E-state index is 13.8. The zero-order chi connectivity index (χ0) is 19.4. The third-order valence-corrected chi connectivity index (χ3v) is 3.95. The summed E-state index contributed by atoms with van der Waals surface area (Å²) in [5, 5.41) is 2.74. The van der Waals surface area contributed by atoms with Gasteiger partial charge in [-0.2, -0.15) is 0 Å². The molecule has 3 rings (SSSR count). The molecule has 1 aromatic heterocycles. The van der Waals surface area contributed by atoms with Crippen LogP contribution < -0.4 is 10.2 Å². The molecule has 0 radical (unpaired) electrons. The second-order valence-electron chi connectivity index (χ2n) is 5.93. The van der Waals surface area contributed by atoms with Crippen LogP contribution in [0.5, 0.6) is 0 Å². The molecule has 2 aromatic carbocycles. The van der Waals surface area contributed by atoms with E-state index in [0.717, 1.165) is 23.4 Å². The largest absolute Gasteiger partial charge is 0.338 e. The fourth-order valence-corrected chi connectivity index (χ4v) is 2.65. The summed E-state index contributed by atoms with van der Waals surface area (Å²) < 4.78 is 26.8. The number of benzene rings is 2. The average molecular weight is 368 g/mol. The second kappa shape index (κ2) is 7.90. The third-order valence-electron chi connectivity index (χ3n) is 3.95. The number of amides is 1. The number of anilines is 3. The Morgan fingerprint density at radius 1 is 1.11 bits per heavy atom. The first kappa shape index (κ1) is 18.4. The van der Waals surface area contributed by atoms with E-state index >= 15 is 0 Å². The Kier molecular flexibility index (Phi) is 5.40. The maximum absolute atomic E-state index is 13.8. The van der Waals surface area contributed by atoms with Crippen molar-refractivity contribution in [1.82, 2.24) is 9.97 Å². The molecular weight excluding hydrogens is 350 g/mol. The van der Waals surface area contributed by atoms with Crippen LogP contribution in [0.25, 0.3) is 0 Å². The Morgan fingerprint density at radius 3 is 2.63 bits per heavy atom. The van der Waals surface area contributed by atoms with Gasteiger partial charge in [-0.15, -0.1) is 0 Å². The lowest BCUT2D eigenvalue weighted by Gasteiger charge is -2.21. The van der Waals surface area contributed by atoms with Crippen LogP contribution in [0.4, 0.5) is 26.0 Å². The molecular formula is C20H18F2N4O. The fourth-order valence-electron chi connectivity index (χ4n) is 2.65. The minimum atomic E-state index is -0.753. The molecule has 0 saturated carbocycles. The van der Waals surface area contributed by atoms with Crippen molar-refractivity contribution in [3.63, 3.8) is 0 Å². The highest BCUT2D eigenvalue weighted by molar-refractivity contribution is 6.05. The van der Waals surface area contributed by atoms with Crippen molar-refractivity contribution < 1.29 is 13.6 Å². The zero-order valence-electron chi connectivity index (χ0n) is 14.9. The van der Waals surface area contributed by atoms with Gasteiger partial charge in [-0.25, -0.2) is 18.7 Å². The number of nitrogens with one attached hydrogen (secondary N) is 1. The van der Waals surface area contributed by atoms with Crippen LogP contribution in [0.3, 0.4) is 0 Å². The lowest BCUT2D eigenvalue weighted by atomic mass is 10.2. The summed E-state index contributed by atoms with van der Waals surface area (Å²) >= 11 is 0. The second-order valence-corrected chi connectivity index (χ2v) is 5.93. The molecule has 0 aliphatic carbocycles. The fraction of sp³-hybridized carbons (Fsp3) is 0.150. The van der Waals surface area contributed by atoms with Crippen LogP contribution in [0.15, 0.2) is 54.9 Å². The molecule has 0 aliphatic heterocycles. The van der Waals surface area contributed by atoms with Crippen molar-refractivity contribution in [2.75, 3.05) is 16.8 Å². The molecule has 0 unspecified atom stereocenters. The Bertz CT molecular complexity index is 978. The van der Waals surface area contributed by atoms with E-state index in [-0.39, 0.29) is 23.1 Å². The van der Waals surface area contributed by atoms with Crippen molar-refractivity contribution in [1.29, 1.82) is 0 Å². The SMILES string of the molecule is CCN(C(=O)c1cc(Nc2ccc(F)cc2F)ncn1)c1cccc(C)c1. The molecule has 7 heteroatoms. The summed E-state index contributed by atoms with van der Waals surface area (Å²) in [6.07, 6.45) is 1.22. The number of hydrogen-bond donors (Lipinski definition) is 1. The van der Waals surface area contributed by atoms with E-state index in [4.69, 9.17) is 0 Å². The standard InChI is InChI=1S/C20H18F2N4O/c1-3-26(15-6-4-5-13(2)9-15)20(27)18-11-19(24-12-23-18)25-17-8-7-14(21)10-16(17)22/h4-12H,3H2,1-2H3,(H,23,24,25). The molecule has 0 atom stereocenters. The molecule has 1 heterocycles. The topological polar surface area (TPSA) is 58.1 Å². The van der Waals surface area contributed by atoms with Gasteiger partial charge in [0.05, 0.1) is 5.69 Å². The van der Waals surface area contributed by atoms with Crippen LogP contribution in [0.1, 0.15) is 23.0 Å². The highest BCUT2D eigenvalue weighted by Crippen LogP contribution is 2.21. The predicted octanol–water partition coefficient (Wildman–Crippen LogP) is 4.47. The molecule has 0 spiro atoms. The van der Waals surface area contributed by atoms with Crippen LogP contribution >= 0.6 is 0 Å². The summed E-state index contributed by atoms with van der Waals surface area (Å²) in [6.45, 7) is 4.28. The number of aromatic nitrogens is 2. The van der Waals surface area contributed by atoms with Crippen LogP contribution in [-0.4, -0.2) is 22.4 Å². The number of carbonyl (C=O) groups is 1. The van der Waals surface area contributed by atoms with Gasteiger partial charge < -0.3 is 10.2 Å². The van der Waals surface area contributed by atoms with Crippen LogP contribution in [0, 0.1) is 18.6 Å². The predicted molar refractivity (Wildman–Crippen MR) is 100 cm³/mol. The third kappa shape index (κ3) is 4.25. The highest BCUT2D eigenvalue weighted by Gasteiger charge is 2.18. The first-order valence-corrected chi connectivity index (χ1v) is 8.40. The smallest absolute Gasteiger partial charge is 0.277 e. The lowest BCUT2D eigenvalue weighted by Crippen LogP contribution is -2.31. The molecule has 27 heavy (non-hydrogen) atoms. The monoisotopic (exact) mass is 368 g/mol. The van der Waals surface area contributed by atoms with Gasteiger partial charge in [0.25, 0.3) is 5.91 Å². The summed E-state index contributed by atoms with van der Waals surface area (Å²) in [7, 11) is 0. The average Bonchev–Trinajstić information content (AvgIpc) is 2.65. The van der Waals surface area contributed by atoms with E-state index in [1.165, 1.54) is 18.5 Å². The first-order chi connectivity index (χ1) is 13.0. The molecule has 0 saturated heterocycles. The molecule has 1 N–H and O–H groups in total. The van der Waals surface area contributed by atoms with Crippen molar-refractivity contribution in [2.45, 2.75) is 13.8 Å². The van der Waals surface area contributed by atoms with Crippen LogP contribution in [0.2, 0.25) is 0 Å². The first-order valence-electron chi connectivity index (χ1n) is 8.40. The zero-order valence-corrected chi connectivity index (χ0v) is 14.9. The Hall–Kier alpha value is -3.35. The van der Waals surface area contributed by atoms with E-state index in [2.05, 4.69) is 15.3 Å². The number of aryl methyl sites for hydroxylation is 1. The number of rotatable bonds is 5. The van der Waals surface area contributed by atoms with Crippen molar-refractivity contribution >= 4 is 23.1 Å². The van der Waals surface area contributed by atoms with E-state index in [9.17, 15) is 13.6 Å². The Morgan fingerprint density at radius 2 is 1.93 bits per heavy atom. The highest BCUT2D eigenvalue weighted by atomic mass is 19.1. The van der Waals surface area contributed by atoms with Gasteiger partial charge in [0.1, 0.15) is 29.5 Å². The van der Waals surface area contributed by atoms with E-state index < -0.39 is 11.6 Å². The molecule has 5 nitrogen and oxygen atoms in total. The van der Waals surface area contributed by atoms with Gasteiger partial charge in [0.2, 0.25) is 0 Å². The minimum absolute atomic E-state index is 0.0551. The molecule has 0 bridgehead atoms. The van der Waals surface area contributed by atoms with Gasteiger partial charge in [-0.3, -0.25) is 4.79 Å². The normalized spacial score (nSPS) is 10.5. The number of halogens is 2. The number of hydrogen-bond acceptors (Lipinski definition) is 4. The number of carbonyl (C=O) groups excluding carboxylic acids is 1.